The van der Waals surface area contributed by atoms with Crippen LogP contribution < -0.4 is 5.32 Å². The van der Waals surface area contributed by atoms with Gasteiger partial charge in [-0.2, -0.15) is 8.42 Å². The quantitative estimate of drug-likeness (QED) is 0.833. The van der Waals surface area contributed by atoms with Gasteiger partial charge in [0.2, 0.25) is 5.91 Å². The summed E-state index contributed by atoms with van der Waals surface area (Å²) in [7, 11) is -3.58. The number of nitrogens with one attached hydrogen (secondary N) is 1. The molecule has 1 fully saturated rings. The molecule has 2 heterocycles. The summed E-state index contributed by atoms with van der Waals surface area (Å²) < 4.78 is 28.2. The first-order chi connectivity index (χ1) is 11.0. The maximum Gasteiger partial charge on any atom is 0.285 e. The van der Waals surface area contributed by atoms with Crippen molar-refractivity contribution >= 4 is 21.8 Å². The zero-order chi connectivity index (χ0) is 16.4. The number of amidine groups is 1. The fourth-order valence-corrected chi connectivity index (χ4v) is 4.12. The zero-order valence-electron chi connectivity index (χ0n) is 13.0. The summed E-state index contributed by atoms with van der Waals surface area (Å²) in [6.45, 7) is 5.63. The predicted octanol–water partition coefficient (Wildman–Crippen LogP) is -0.111. The number of carbonyl (C=O) groups excluding carboxylic acids is 1. The third-order valence-electron chi connectivity index (χ3n) is 4.03. The molecule has 0 unspecified atom stereocenters. The molecule has 2 aliphatic heterocycles. The summed E-state index contributed by atoms with van der Waals surface area (Å²) in [5, 5.41) is 2.79. The van der Waals surface area contributed by atoms with Gasteiger partial charge in [0.1, 0.15) is 4.90 Å². The van der Waals surface area contributed by atoms with Crippen molar-refractivity contribution in [2.75, 3.05) is 39.3 Å². The van der Waals surface area contributed by atoms with E-state index in [4.69, 9.17) is 0 Å². The second-order valence-electron chi connectivity index (χ2n) is 5.60. The van der Waals surface area contributed by atoms with E-state index in [1.807, 2.05) is 17.9 Å². The van der Waals surface area contributed by atoms with E-state index in [1.165, 1.54) is 0 Å². The molecule has 1 N–H and O–H groups in total. The van der Waals surface area contributed by atoms with Crippen LogP contribution in [0.15, 0.2) is 33.6 Å². The van der Waals surface area contributed by atoms with Gasteiger partial charge in [-0.1, -0.05) is 12.1 Å². The Morgan fingerprint density at radius 1 is 1.22 bits per heavy atom. The van der Waals surface area contributed by atoms with Crippen molar-refractivity contribution in [3.8, 4) is 0 Å². The van der Waals surface area contributed by atoms with Gasteiger partial charge in [0, 0.05) is 38.3 Å². The molecule has 3 rings (SSSR count). The first-order valence-corrected chi connectivity index (χ1v) is 9.13. The van der Waals surface area contributed by atoms with E-state index >= 15 is 0 Å². The molecule has 0 radical (unpaired) electrons. The SMILES string of the molecule is CCNC(=O)CN1CCN(C2=NS(=O)(=O)c3ccccc32)CC1. The molecule has 0 bridgehead atoms. The molecule has 2 aliphatic rings. The van der Waals surface area contributed by atoms with Gasteiger partial charge in [-0.15, -0.1) is 4.40 Å². The number of benzene rings is 1. The third-order valence-corrected chi connectivity index (χ3v) is 5.35. The van der Waals surface area contributed by atoms with Crippen molar-refractivity contribution in [2.24, 2.45) is 4.40 Å². The van der Waals surface area contributed by atoms with Crippen LogP contribution in [0.2, 0.25) is 0 Å². The normalized spacial score (nSPS) is 20.0. The Morgan fingerprint density at radius 3 is 2.61 bits per heavy atom. The molecule has 0 aromatic heterocycles. The molecular weight excluding hydrogens is 316 g/mol. The van der Waals surface area contributed by atoms with Crippen LogP contribution in [0.5, 0.6) is 0 Å². The minimum atomic E-state index is -3.58. The van der Waals surface area contributed by atoms with Crippen molar-refractivity contribution < 1.29 is 13.2 Å². The van der Waals surface area contributed by atoms with Gasteiger partial charge in [0.05, 0.1) is 6.54 Å². The van der Waals surface area contributed by atoms with E-state index in [1.54, 1.807) is 18.2 Å². The number of rotatable bonds is 3. The molecular formula is C15H20N4O3S. The largest absolute Gasteiger partial charge is 0.355 e. The van der Waals surface area contributed by atoms with E-state index in [0.717, 1.165) is 0 Å². The first kappa shape index (κ1) is 15.9. The molecule has 1 amide bonds. The standard InChI is InChI=1S/C15H20N4O3S/c1-2-16-14(20)11-18-7-9-19(10-8-18)15-12-5-3-4-6-13(12)23(21,22)17-15/h3-6H,2,7-11H2,1H3,(H,16,20). The van der Waals surface area contributed by atoms with Gasteiger partial charge >= 0.3 is 0 Å². The summed E-state index contributed by atoms with van der Waals surface area (Å²) in [5.41, 5.74) is 0.671. The Labute approximate surface area is 136 Å². The highest BCUT2D eigenvalue weighted by Gasteiger charge is 2.32. The molecule has 1 aromatic carbocycles. The molecule has 0 saturated carbocycles. The number of carbonyl (C=O) groups is 1. The Morgan fingerprint density at radius 2 is 1.91 bits per heavy atom. The lowest BCUT2D eigenvalue weighted by atomic mass is 10.1. The average molecular weight is 336 g/mol. The van der Waals surface area contributed by atoms with Gasteiger partial charge in [0.25, 0.3) is 10.0 Å². The van der Waals surface area contributed by atoms with Gasteiger partial charge in [0.15, 0.2) is 5.84 Å². The number of fused-ring (bicyclic) bond motifs is 1. The van der Waals surface area contributed by atoms with E-state index in [9.17, 15) is 13.2 Å². The molecule has 124 valence electrons. The minimum absolute atomic E-state index is 0.0204. The number of hydrogen-bond donors (Lipinski definition) is 1. The highest BCUT2D eigenvalue weighted by molar-refractivity contribution is 7.90. The summed E-state index contributed by atoms with van der Waals surface area (Å²) >= 11 is 0. The van der Waals surface area contributed by atoms with Crippen molar-refractivity contribution in [3.63, 3.8) is 0 Å². The number of hydrogen-bond acceptors (Lipinski definition) is 5. The zero-order valence-corrected chi connectivity index (χ0v) is 13.8. The molecule has 0 atom stereocenters. The van der Waals surface area contributed by atoms with Crippen LogP contribution in [-0.4, -0.2) is 69.2 Å². The molecule has 23 heavy (non-hydrogen) atoms. The number of piperazine rings is 1. The van der Waals surface area contributed by atoms with Gasteiger partial charge < -0.3 is 10.2 Å². The highest BCUT2D eigenvalue weighted by atomic mass is 32.2. The van der Waals surface area contributed by atoms with Crippen LogP contribution in [0.25, 0.3) is 0 Å². The van der Waals surface area contributed by atoms with Gasteiger partial charge in [-0.3, -0.25) is 9.69 Å². The van der Waals surface area contributed by atoms with E-state index in [0.29, 0.717) is 50.7 Å². The summed E-state index contributed by atoms with van der Waals surface area (Å²) in [6.07, 6.45) is 0. The number of likely N-dealkylation sites (N-methyl/N-ethyl adjacent to an activating group) is 1. The maximum atomic E-state index is 12.1. The fourth-order valence-electron chi connectivity index (χ4n) is 2.89. The summed E-state index contributed by atoms with van der Waals surface area (Å²) in [6, 6.07) is 6.91. The lowest BCUT2D eigenvalue weighted by Gasteiger charge is -2.35. The van der Waals surface area contributed by atoms with Crippen LogP contribution in [0.3, 0.4) is 0 Å². The Hall–Kier alpha value is -1.93. The van der Waals surface area contributed by atoms with Gasteiger partial charge in [-0.25, -0.2) is 0 Å². The fraction of sp³-hybridized carbons (Fsp3) is 0.467. The van der Waals surface area contributed by atoms with Crippen molar-refractivity contribution in [2.45, 2.75) is 11.8 Å². The first-order valence-electron chi connectivity index (χ1n) is 7.69. The Balaban J connectivity index is 1.68. The predicted molar refractivity (Wildman–Crippen MR) is 86.9 cm³/mol. The minimum Gasteiger partial charge on any atom is -0.355 e. The van der Waals surface area contributed by atoms with Crippen LogP contribution in [-0.2, 0) is 14.8 Å². The Kier molecular flexibility index (Phi) is 4.36. The average Bonchev–Trinajstić information content (AvgIpc) is 2.81. The van der Waals surface area contributed by atoms with Crippen molar-refractivity contribution in [3.05, 3.63) is 29.8 Å². The lowest BCUT2D eigenvalue weighted by molar-refractivity contribution is -0.122. The lowest BCUT2D eigenvalue weighted by Crippen LogP contribution is -2.51. The second-order valence-corrected chi connectivity index (χ2v) is 7.18. The maximum absolute atomic E-state index is 12.1. The number of nitrogens with zero attached hydrogens (tertiary/aromatic N) is 3. The third kappa shape index (κ3) is 3.23. The molecule has 1 aromatic rings. The highest BCUT2D eigenvalue weighted by Crippen LogP contribution is 2.27. The number of sulfonamides is 1. The molecule has 8 heteroatoms. The molecule has 0 aliphatic carbocycles. The summed E-state index contributed by atoms with van der Waals surface area (Å²) in [5.74, 6) is 0.547. The van der Waals surface area contributed by atoms with E-state index < -0.39 is 10.0 Å². The molecule has 0 spiro atoms. The monoisotopic (exact) mass is 336 g/mol. The van der Waals surface area contributed by atoms with Crippen molar-refractivity contribution in [1.82, 2.24) is 15.1 Å². The van der Waals surface area contributed by atoms with Gasteiger partial charge in [-0.05, 0) is 19.1 Å². The molecule has 1 saturated heterocycles. The van der Waals surface area contributed by atoms with Crippen LogP contribution >= 0.6 is 0 Å². The summed E-state index contributed by atoms with van der Waals surface area (Å²) in [4.78, 5) is 16.0. The van der Waals surface area contributed by atoms with E-state index in [-0.39, 0.29) is 10.8 Å². The smallest absolute Gasteiger partial charge is 0.285 e. The second kappa shape index (κ2) is 6.29. The van der Waals surface area contributed by atoms with Crippen molar-refractivity contribution in [1.29, 1.82) is 0 Å². The van der Waals surface area contributed by atoms with Crippen LogP contribution in [0.1, 0.15) is 12.5 Å². The van der Waals surface area contributed by atoms with Crippen LogP contribution in [0.4, 0.5) is 0 Å². The molecule has 7 nitrogen and oxygen atoms in total. The van der Waals surface area contributed by atoms with E-state index in [2.05, 4.69) is 14.6 Å². The Bertz CT molecular complexity index is 737. The van der Waals surface area contributed by atoms with Crippen LogP contribution in [0, 0.1) is 0 Å². The number of amides is 1. The topological polar surface area (TPSA) is 82.1 Å².